The molecular weight excluding hydrogens is 316 g/mol. The molecule has 1 aliphatic heterocycles. The van der Waals surface area contributed by atoms with Crippen LogP contribution in [0, 0.1) is 0 Å². The molecule has 0 radical (unpaired) electrons. The van der Waals surface area contributed by atoms with E-state index < -0.39 is 5.60 Å². The second-order valence-electron chi connectivity index (χ2n) is 7.94. The zero-order valence-corrected chi connectivity index (χ0v) is 15.5. The Balaban J connectivity index is 1.57. The molecule has 6 nitrogen and oxygen atoms in total. The lowest BCUT2D eigenvalue weighted by Gasteiger charge is -2.38. The van der Waals surface area contributed by atoms with Gasteiger partial charge < -0.3 is 10.1 Å². The molecule has 136 valence electrons. The van der Waals surface area contributed by atoms with Crippen LogP contribution in [0.5, 0.6) is 0 Å². The molecule has 1 aliphatic rings. The number of carbonyl (C=O) groups is 1. The van der Waals surface area contributed by atoms with Gasteiger partial charge in [0.25, 0.3) is 0 Å². The van der Waals surface area contributed by atoms with Gasteiger partial charge in [-0.1, -0.05) is 18.2 Å². The summed E-state index contributed by atoms with van der Waals surface area (Å²) in [6.07, 6.45) is 3.40. The van der Waals surface area contributed by atoms with E-state index in [0.29, 0.717) is 6.04 Å². The fourth-order valence-corrected chi connectivity index (χ4v) is 3.44. The second-order valence-corrected chi connectivity index (χ2v) is 7.94. The number of hydrogen-bond donors (Lipinski definition) is 2. The molecule has 0 spiro atoms. The maximum atomic E-state index is 12.0. The van der Waals surface area contributed by atoms with Crippen LogP contribution in [0.15, 0.2) is 24.4 Å². The van der Waals surface area contributed by atoms with E-state index in [4.69, 9.17) is 4.74 Å². The van der Waals surface area contributed by atoms with Crippen molar-refractivity contribution in [2.24, 2.45) is 0 Å². The third-order valence-corrected chi connectivity index (χ3v) is 4.67. The number of aromatic nitrogens is 2. The Labute approximate surface area is 148 Å². The highest BCUT2D eigenvalue weighted by Gasteiger charge is 2.28. The Bertz CT molecular complexity index is 734. The third kappa shape index (κ3) is 4.51. The number of carbonyl (C=O) groups excluding carboxylic acids is 1. The number of alkyl carbamates (subject to hydrolysis) is 1. The summed E-state index contributed by atoms with van der Waals surface area (Å²) in [6.45, 7) is 9.71. The van der Waals surface area contributed by atoms with Crippen molar-refractivity contribution in [3.05, 3.63) is 30.0 Å². The number of ether oxygens (including phenoxy) is 1. The predicted octanol–water partition coefficient (Wildman–Crippen LogP) is 3.44. The summed E-state index contributed by atoms with van der Waals surface area (Å²) in [7, 11) is 0. The SMILES string of the molecule is C[C@@H]1C[C@@H](NC(=O)OC(C)(C)C)CCN1Cc1cccc2cn[nH]c12. The van der Waals surface area contributed by atoms with Crippen LogP contribution in [0.25, 0.3) is 10.9 Å². The molecule has 2 heterocycles. The second kappa shape index (κ2) is 7.04. The van der Waals surface area contributed by atoms with Crippen molar-refractivity contribution in [2.75, 3.05) is 6.54 Å². The van der Waals surface area contributed by atoms with E-state index in [0.717, 1.165) is 36.8 Å². The van der Waals surface area contributed by atoms with E-state index in [1.54, 1.807) is 0 Å². The molecule has 6 heteroatoms. The van der Waals surface area contributed by atoms with Crippen molar-refractivity contribution >= 4 is 17.0 Å². The van der Waals surface area contributed by atoms with Crippen LogP contribution in [0.4, 0.5) is 4.79 Å². The summed E-state index contributed by atoms with van der Waals surface area (Å²) >= 11 is 0. The van der Waals surface area contributed by atoms with Crippen molar-refractivity contribution in [1.82, 2.24) is 20.4 Å². The minimum absolute atomic E-state index is 0.170. The number of para-hydroxylation sites is 1. The van der Waals surface area contributed by atoms with Crippen LogP contribution in [0.2, 0.25) is 0 Å². The molecule has 2 aromatic rings. The van der Waals surface area contributed by atoms with E-state index >= 15 is 0 Å². The molecule has 1 aromatic carbocycles. The lowest BCUT2D eigenvalue weighted by atomic mass is 9.97. The van der Waals surface area contributed by atoms with Gasteiger partial charge in [0.15, 0.2) is 0 Å². The summed E-state index contributed by atoms with van der Waals surface area (Å²) in [5, 5.41) is 11.4. The van der Waals surface area contributed by atoms with Crippen LogP contribution >= 0.6 is 0 Å². The number of amides is 1. The van der Waals surface area contributed by atoms with Gasteiger partial charge in [-0.25, -0.2) is 4.79 Å². The maximum absolute atomic E-state index is 12.0. The monoisotopic (exact) mass is 344 g/mol. The Morgan fingerprint density at radius 2 is 2.24 bits per heavy atom. The average molecular weight is 344 g/mol. The van der Waals surface area contributed by atoms with Crippen molar-refractivity contribution < 1.29 is 9.53 Å². The molecule has 2 N–H and O–H groups in total. The normalized spacial score (nSPS) is 22.1. The summed E-state index contributed by atoms with van der Waals surface area (Å²) in [6, 6.07) is 6.87. The number of nitrogens with one attached hydrogen (secondary N) is 2. The first-order chi connectivity index (χ1) is 11.8. The van der Waals surface area contributed by atoms with E-state index in [-0.39, 0.29) is 12.1 Å². The van der Waals surface area contributed by atoms with Crippen molar-refractivity contribution in [3.63, 3.8) is 0 Å². The molecule has 0 bridgehead atoms. The Morgan fingerprint density at radius 3 is 2.96 bits per heavy atom. The first-order valence-electron chi connectivity index (χ1n) is 8.96. The summed E-state index contributed by atoms with van der Waals surface area (Å²) in [5.74, 6) is 0. The van der Waals surface area contributed by atoms with Crippen molar-refractivity contribution in [3.8, 4) is 0 Å². The highest BCUT2D eigenvalue weighted by atomic mass is 16.6. The number of benzene rings is 1. The fraction of sp³-hybridized carbons (Fsp3) is 0.579. The topological polar surface area (TPSA) is 70.2 Å². The van der Waals surface area contributed by atoms with Crippen LogP contribution in [0.3, 0.4) is 0 Å². The largest absolute Gasteiger partial charge is 0.444 e. The number of fused-ring (bicyclic) bond motifs is 1. The molecule has 2 atom stereocenters. The number of nitrogens with zero attached hydrogens (tertiary/aromatic N) is 2. The lowest BCUT2D eigenvalue weighted by molar-refractivity contribution is 0.0453. The Morgan fingerprint density at radius 1 is 1.44 bits per heavy atom. The summed E-state index contributed by atoms with van der Waals surface area (Å²) < 4.78 is 5.36. The van der Waals surface area contributed by atoms with Gasteiger partial charge in [-0.3, -0.25) is 10.00 Å². The van der Waals surface area contributed by atoms with E-state index in [2.05, 4.69) is 45.5 Å². The molecule has 1 saturated heterocycles. The van der Waals surface area contributed by atoms with E-state index in [9.17, 15) is 4.79 Å². The first kappa shape index (κ1) is 17.7. The number of piperidine rings is 1. The molecule has 1 fully saturated rings. The molecule has 0 saturated carbocycles. The van der Waals surface area contributed by atoms with Gasteiger partial charge in [0.1, 0.15) is 5.60 Å². The van der Waals surface area contributed by atoms with Gasteiger partial charge in [0.2, 0.25) is 0 Å². The zero-order valence-electron chi connectivity index (χ0n) is 15.5. The predicted molar refractivity (Wildman–Crippen MR) is 98.4 cm³/mol. The van der Waals surface area contributed by atoms with Crippen LogP contribution < -0.4 is 5.32 Å². The quantitative estimate of drug-likeness (QED) is 0.895. The Hall–Kier alpha value is -2.08. The molecule has 1 aromatic heterocycles. The molecule has 0 unspecified atom stereocenters. The number of aromatic amines is 1. The van der Waals surface area contributed by atoms with Gasteiger partial charge in [-0.05, 0) is 46.1 Å². The van der Waals surface area contributed by atoms with E-state index in [1.807, 2.05) is 27.0 Å². The molecule has 0 aliphatic carbocycles. The number of H-pyrrole nitrogens is 1. The van der Waals surface area contributed by atoms with Crippen molar-refractivity contribution in [1.29, 1.82) is 0 Å². The average Bonchev–Trinajstić information content (AvgIpc) is 2.97. The third-order valence-electron chi connectivity index (χ3n) is 4.67. The van der Waals surface area contributed by atoms with Crippen LogP contribution in [-0.2, 0) is 11.3 Å². The van der Waals surface area contributed by atoms with Crippen LogP contribution in [0.1, 0.15) is 46.1 Å². The maximum Gasteiger partial charge on any atom is 0.407 e. The number of hydrogen-bond acceptors (Lipinski definition) is 4. The molecule has 1 amide bonds. The molecule has 3 rings (SSSR count). The first-order valence-corrected chi connectivity index (χ1v) is 8.96. The standard InChI is InChI=1S/C19H28N4O2/c1-13-10-16(21-18(24)25-19(2,3)4)8-9-23(13)12-15-7-5-6-14-11-20-22-17(14)15/h5-7,11,13,16H,8-10,12H2,1-4H3,(H,20,22)(H,21,24)/t13-,16+/m1/s1. The minimum atomic E-state index is -0.459. The molecule has 25 heavy (non-hydrogen) atoms. The highest BCUT2D eigenvalue weighted by molar-refractivity contribution is 5.81. The van der Waals surface area contributed by atoms with Gasteiger partial charge in [0, 0.05) is 30.6 Å². The number of rotatable bonds is 3. The summed E-state index contributed by atoms with van der Waals surface area (Å²) in [5.41, 5.74) is 1.92. The lowest BCUT2D eigenvalue weighted by Crippen LogP contribution is -2.49. The smallest absolute Gasteiger partial charge is 0.407 e. The zero-order chi connectivity index (χ0) is 18.0. The minimum Gasteiger partial charge on any atom is -0.444 e. The summed E-state index contributed by atoms with van der Waals surface area (Å²) in [4.78, 5) is 14.4. The highest BCUT2D eigenvalue weighted by Crippen LogP contribution is 2.23. The Kier molecular flexibility index (Phi) is 4.99. The number of likely N-dealkylation sites (tertiary alicyclic amines) is 1. The fourth-order valence-electron chi connectivity index (χ4n) is 3.44. The van der Waals surface area contributed by atoms with Crippen molar-refractivity contribution in [2.45, 2.75) is 64.8 Å². The van der Waals surface area contributed by atoms with Crippen LogP contribution in [-0.4, -0.2) is 45.4 Å². The van der Waals surface area contributed by atoms with E-state index in [1.165, 1.54) is 5.56 Å². The molecular formula is C19H28N4O2. The van der Waals surface area contributed by atoms with Gasteiger partial charge in [-0.2, -0.15) is 5.10 Å². The van der Waals surface area contributed by atoms with Gasteiger partial charge in [-0.15, -0.1) is 0 Å². The van der Waals surface area contributed by atoms with Gasteiger partial charge in [0.05, 0.1) is 11.7 Å². The van der Waals surface area contributed by atoms with Gasteiger partial charge >= 0.3 is 6.09 Å².